The third kappa shape index (κ3) is 16.3. The number of piperazine rings is 1. The molecule has 6 N–H and O–H groups in total. The molecule has 22 nitrogen and oxygen atoms in total. The molecule has 4 saturated heterocycles. The maximum atomic E-state index is 15.0. The Morgan fingerprint density at radius 1 is 0.975 bits per heavy atom. The van der Waals surface area contributed by atoms with Gasteiger partial charge >= 0.3 is 5.97 Å². The Labute approximate surface area is 491 Å². The van der Waals surface area contributed by atoms with Crippen LogP contribution in [0.25, 0.3) is 0 Å². The summed E-state index contributed by atoms with van der Waals surface area (Å²) in [6.07, 6.45) is -8.23. The highest BCUT2D eigenvalue weighted by Gasteiger charge is 2.53. The molecule has 81 heavy (non-hydrogen) atoms. The van der Waals surface area contributed by atoms with Crippen molar-refractivity contribution in [2.45, 2.75) is 201 Å². The summed E-state index contributed by atoms with van der Waals surface area (Å²) in [5, 5.41) is 78.0. The van der Waals surface area contributed by atoms with Crippen LogP contribution in [0.15, 0.2) is 30.5 Å². The second-order valence-electron chi connectivity index (χ2n) is 24.0. The first-order valence-corrected chi connectivity index (χ1v) is 29.9. The number of esters is 1. The van der Waals surface area contributed by atoms with Gasteiger partial charge in [0, 0.05) is 97.1 Å². The third-order valence-corrected chi connectivity index (χ3v) is 18.8. The highest BCUT2D eigenvalue weighted by atomic mass is 127. The van der Waals surface area contributed by atoms with Crippen LogP contribution < -0.4 is 0 Å². The number of methoxy groups -OCH3 is 2. The van der Waals surface area contributed by atoms with Crippen LogP contribution in [-0.4, -0.2) is 246 Å². The smallest absolute Gasteiger partial charge is 0.311 e. The van der Waals surface area contributed by atoms with E-state index in [9.17, 15) is 40.2 Å². The van der Waals surface area contributed by atoms with Crippen molar-refractivity contribution in [3.05, 3.63) is 47.3 Å². The average molecular weight is 1260 g/mol. The second kappa shape index (κ2) is 29.2. The van der Waals surface area contributed by atoms with E-state index in [2.05, 4.69) is 15.2 Å². The Balaban J connectivity index is 1.21. The lowest BCUT2D eigenvalue weighted by Gasteiger charge is -2.48. The van der Waals surface area contributed by atoms with Gasteiger partial charge in [0.25, 0.3) is 0 Å². The van der Waals surface area contributed by atoms with Crippen molar-refractivity contribution in [2.75, 3.05) is 80.9 Å². The topological polar surface area (TPSA) is 264 Å². The monoisotopic (exact) mass is 1260 g/mol. The number of amides is 1. The largest absolute Gasteiger partial charge is 0.459 e. The molecule has 1 aromatic carbocycles. The molecule has 6 rings (SSSR count). The van der Waals surface area contributed by atoms with Gasteiger partial charge in [0.05, 0.1) is 35.5 Å². The summed E-state index contributed by atoms with van der Waals surface area (Å²) in [5.74, 6) is -3.20. The molecule has 0 radical (unpaired) electrons. The van der Waals surface area contributed by atoms with Gasteiger partial charge in [0.2, 0.25) is 5.91 Å². The van der Waals surface area contributed by atoms with E-state index in [1.54, 1.807) is 52.6 Å². The van der Waals surface area contributed by atoms with Gasteiger partial charge in [0.15, 0.2) is 12.6 Å². The first-order chi connectivity index (χ1) is 38.1. The molecule has 4 aliphatic rings. The molecule has 0 spiro atoms. The lowest BCUT2D eigenvalue weighted by molar-refractivity contribution is -0.312. The molecular weight excluding hydrogens is 1170 g/mol. The maximum Gasteiger partial charge on any atom is 0.311 e. The van der Waals surface area contributed by atoms with Crippen LogP contribution in [-0.2, 0) is 55.7 Å². The molecule has 0 aliphatic carbocycles. The molecule has 462 valence electrons. The number of benzene rings is 1. The maximum absolute atomic E-state index is 15.0. The summed E-state index contributed by atoms with van der Waals surface area (Å²) in [6, 6.07) is 5.90. The number of nitrogens with zero attached hydrogens (tertiary/aromatic N) is 7. The van der Waals surface area contributed by atoms with Gasteiger partial charge in [0.1, 0.15) is 65.2 Å². The van der Waals surface area contributed by atoms with Crippen LogP contribution in [0.2, 0.25) is 0 Å². The van der Waals surface area contributed by atoms with Crippen molar-refractivity contribution in [2.24, 2.45) is 17.8 Å². The van der Waals surface area contributed by atoms with Crippen LogP contribution in [0.5, 0.6) is 0 Å². The average Bonchev–Trinajstić information content (AvgIpc) is 3.93. The van der Waals surface area contributed by atoms with Crippen molar-refractivity contribution in [1.29, 1.82) is 0 Å². The molecule has 1 aromatic heterocycles. The minimum Gasteiger partial charge on any atom is -0.459 e. The standard InChI is InChI=1S/C57H95FIN7O15/c1-14-44-56(9,73)50(70)37(6)63(11)29-33(2)26-57(59,74)52(35(4)48(36(5)53(72)79-44)80-46-27-55(8,76-13)51(71)38(7)78-46)81-54-47(69)42(25-34(3)77-54)62(10)20-19-41-31-66(61-60-41)43(28-58)49(75-12)40-17-15-39(16-18-40)30-64-21-23-65(24-22-64)45(68)32-67/h15-18,31,33-38,42-44,46-52,54,67,69-71,73-74H,14,19-30,32H2,1-13H3/t33-,34-,35+,36-,37-,38+,42+,43-,44-,46+,47?,48+,49-,50-,51+,52-,54+,55-,56-,57-/m1/s1. The van der Waals surface area contributed by atoms with E-state index < -0.39 is 132 Å². The molecule has 5 heterocycles. The summed E-state index contributed by atoms with van der Waals surface area (Å²) in [5.41, 5.74) is -0.525. The number of aliphatic hydroxyl groups excluding tert-OH is 4. The number of hydrogen-bond donors (Lipinski definition) is 6. The van der Waals surface area contributed by atoms with E-state index in [0.29, 0.717) is 64.3 Å². The van der Waals surface area contributed by atoms with Gasteiger partial charge in [-0.3, -0.25) is 14.5 Å². The van der Waals surface area contributed by atoms with Gasteiger partial charge in [-0.2, -0.15) is 0 Å². The van der Waals surface area contributed by atoms with Crippen LogP contribution in [0.1, 0.15) is 117 Å². The summed E-state index contributed by atoms with van der Waals surface area (Å²) in [6.45, 7) is 18.4. The normalized spacial score (nSPS) is 38.3. The summed E-state index contributed by atoms with van der Waals surface area (Å²) < 4.78 is 59.1. The van der Waals surface area contributed by atoms with Gasteiger partial charge in [-0.05, 0) is 115 Å². The van der Waals surface area contributed by atoms with Crippen LogP contribution >= 0.6 is 22.6 Å². The molecule has 4 aliphatic heterocycles. The number of hydrogen-bond acceptors (Lipinski definition) is 20. The Morgan fingerprint density at radius 2 is 1.64 bits per heavy atom. The van der Waals surface area contributed by atoms with E-state index in [4.69, 9.17) is 33.2 Å². The minimum absolute atomic E-state index is 0.0745. The lowest BCUT2D eigenvalue weighted by Crippen LogP contribution is -2.60. The number of halogens is 2. The number of aliphatic hydroxyl groups is 6. The van der Waals surface area contributed by atoms with Crippen molar-refractivity contribution in [1.82, 2.24) is 34.6 Å². The Morgan fingerprint density at radius 3 is 2.25 bits per heavy atom. The summed E-state index contributed by atoms with van der Waals surface area (Å²) >= 11 is 1.98. The number of aromatic nitrogens is 3. The molecule has 4 fully saturated rings. The van der Waals surface area contributed by atoms with Gasteiger partial charge in [-0.15, -0.1) is 5.10 Å². The van der Waals surface area contributed by atoms with Gasteiger partial charge in [-0.25, -0.2) is 9.07 Å². The predicted molar refractivity (Wildman–Crippen MR) is 305 cm³/mol. The fraction of sp³-hybridized carbons (Fsp3) is 0.825. The first kappa shape index (κ1) is 67.5. The molecule has 0 saturated carbocycles. The highest BCUT2D eigenvalue weighted by molar-refractivity contribution is 14.1. The molecule has 20 atom stereocenters. The molecule has 24 heteroatoms. The predicted octanol–water partition coefficient (Wildman–Crippen LogP) is 3.01. The Bertz CT molecular complexity index is 2280. The zero-order chi connectivity index (χ0) is 59.9. The first-order valence-electron chi connectivity index (χ1n) is 28.8. The van der Waals surface area contributed by atoms with Gasteiger partial charge in [-0.1, -0.05) is 50.3 Å². The number of carbonyl (C=O) groups is 2. The van der Waals surface area contributed by atoms with Crippen molar-refractivity contribution in [3.8, 4) is 0 Å². The van der Waals surface area contributed by atoms with Crippen molar-refractivity contribution < 1.29 is 77.8 Å². The number of likely N-dealkylation sites (N-methyl/N-ethyl adjacent to an activating group) is 2. The molecule has 2 aromatic rings. The number of cyclic esters (lactones) is 1. The highest BCUT2D eigenvalue weighted by Crippen LogP contribution is 2.43. The van der Waals surface area contributed by atoms with Crippen molar-refractivity contribution >= 4 is 34.5 Å². The number of carbonyl (C=O) groups excluding carboxylic acids is 2. The Kier molecular flexibility index (Phi) is 24.3. The quantitative estimate of drug-likeness (QED) is 0.0712. The zero-order valence-corrected chi connectivity index (χ0v) is 52.0. The van der Waals surface area contributed by atoms with Crippen molar-refractivity contribution in [3.63, 3.8) is 0 Å². The zero-order valence-electron chi connectivity index (χ0n) is 49.8. The SMILES string of the molecule is CC[C@H]1OC(=O)[C@H](C)[C@@H](O[C@H]2C[C@@](C)(OC)[C@@H](O)[C@H](C)O2)[C@H](C)[C@@H](O[C@@H]2O[C@H](C)C[C@H](N(C)CCc3cn([C@H](CF)[C@H](OC)c4ccc(CN5CCN(C(=O)CO)CC5)cc4)nn3)C2O)[C@@](O)(I)C[C@@H](C)CN(C)[C@H](C)[C@@H](O)[C@]1(C)O. The van der Waals surface area contributed by atoms with Crippen LogP contribution in [0.4, 0.5) is 4.39 Å². The third-order valence-electron chi connectivity index (χ3n) is 17.8. The Hall–Kier alpha value is -2.64. The molecule has 1 unspecified atom stereocenters. The molecular formula is C57H95FIN7O15. The van der Waals surface area contributed by atoms with E-state index in [-0.39, 0.29) is 31.1 Å². The number of rotatable bonds is 18. The fourth-order valence-electron chi connectivity index (χ4n) is 12.4. The van der Waals surface area contributed by atoms with Crippen LogP contribution in [0.3, 0.4) is 0 Å². The number of ether oxygens (including phenoxy) is 7. The summed E-state index contributed by atoms with van der Waals surface area (Å²) in [4.78, 5) is 34.3. The van der Waals surface area contributed by atoms with E-state index >= 15 is 4.39 Å². The molecule has 1 amide bonds. The van der Waals surface area contributed by atoms with E-state index in [0.717, 1.165) is 11.1 Å². The second-order valence-corrected chi connectivity index (χ2v) is 25.9. The van der Waals surface area contributed by atoms with Gasteiger partial charge < -0.3 is 78.5 Å². The minimum atomic E-state index is -1.86. The van der Waals surface area contributed by atoms with E-state index in [1.807, 2.05) is 84.6 Å². The van der Waals surface area contributed by atoms with Crippen LogP contribution in [0, 0.1) is 17.8 Å². The molecule has 0 bridgehead atoms. The fourth-order valence-corrected chi connectivity index (χ4v) is 13.9. The number of alkyl halides is 2. The van der Waals surface area contributed by atoms with E-state index in [1.165, 1.54) is 25.8 Å². The lowest BCUT2D eigenvalue weighted by atomic mass is 9.83. The summed E-state index contributed by atoms with van der Waals surface area (Å²) in [7, 11) is 6.73.